The summed E-state index contributed by atoms with van der Waals surface area (Å²) < 4.78 is 5.05. The molecule has 0 unspecified atom stereocenters. The van der Waals surface area contributed by atoms with Crippen molar-refractivity contribution in [2.75, 3.05) is 24.3 Å². The standard InChI is InChI=1S/C19H17N5O7S3.Li.H/c1-30-23-11(9-7-34-19(20)21-9)14(25)22-12-15(26)24-13(17(27)28)8(5-32-16(12)24)6-33-18(29)10-3-2-4-31-10;;/h2-4,7,12,16H,5-6H2,1H3,(H2,20,21)(H,22,25)(H,27,28);;/q;+1;-1/b23-11-;;/t12-,16-;;/m1../s1. The van der Waals surface area contributed by atoms with Crippen molar-refractivity contribution in [3.05, 3.63) is 46.5 Å². The van der Waals surface area contributed by atoms with E-state index in [1.807, 2.05) is 0 Å². The zero-order valence-corrected chi connectivity index (χ0v) is 20.9. The van der Waals surface area contributed by atoms with E-state index in [4.69, 9.17) is 15.0 Å². The first-order chi connectivity index (χ1) is 16.3. The zero-order valence-electron chi connectivity index (χ0n) is 19.4. The molecule has 0 saturated carbocycles. The number of nitrogen functional groups attached to an aromatic ring is 1. The van der Waals surface area contributed by atoms with Gasteiger partial charge in [0.15, 0.2) is 16.6 Å². The first-order valence-corrected chi connectivity index (χ1v) is 12.5. The molecule has 0 aromatic carbocycles. The summed E-state index contributed by atoms with van der Waals surface area (Å²) in [6, 6.07) is 2.13. The molecule has 2 aliphatic heterocycles. The van der Waals surface area contributed by atoms with Crippen molar-refractivity contribution in [3.63, 3.8) is 0 Å². The van der Waals surface area contributed by atoms with E-state index in [9.17, 15) is 24.3 Å². The van der Waals surface area contributed by atoms with Crippen LogP contribution in [0.4, 0.5) is 5.13 Å². The SMILES string of the molecule is CO/N=C(\C(=O)N[C@@H]1C(=O)N2C(C(=O)O)=C(CSC(=O)c3ccco3)CS[C@H]12)c1csc(N)n1.[H-].[Li+]. The van der Waals surface area contributed by atoms with Gasteiger partial charge in [-0.15, -0.1) is 23.1 Å². The number of aromatic nitrogens is 1. The van der Waals surface area contributed by atoms with E-state index in [-0.39, 0.29) is 64.9 Å². The molecule has 0 spiro atoms. The van der Waals surface area contributed by atoms with Gasteiger partial charge in [0.1, 0.15) is 29.9 Å². The third-order valence-corrected chi connectivity index (χ3v) is 7.77. The molecule has 12 nitrogen and oxygen atoms in total. The number of carbonyl (C=O) groups excluding carboxylic acids is 3. The maximum Gasteiger partial charge on any atom is 1.00 e. The molecular weight excluding hydrogens is 513 g/mol. The van der Waals surface area contributed by atoms with Gasteiger partial charge >= 0.3 is 24.8 Å². The average Bonchev–Trinajstić information content (AvgIpc) is 3.50. The van der Waals surface area contributed by atoms with Gasteiger partial charge in [-0.25, -0.2) is 9.78 Å². The molecule has 2 aliphatic rings. The Labute approximate surface area is 224 Å². The Balaban J connectivity index is 0.00000228. The summed E-state index contributed by atoms with van der Waals surface area (Å²) in [6.45, 7) is 0. The Morgan fingerprint density at radius 2 is 2.26 bits per heavy atom. The van der Waals surface area contributed by atoms with Gasteiger partial charge in [-0.1, -0.05) is 16.9 Å². The van der Waals surface area contributed by atoms with Gasteiger partial charge in [0.25, 0.3) is 16.9 Å². The van der Waals surface area contributed by atoms with Gasteiger partial charge in [-0.2, -0.15) is 0 Å². The van der Waals surface area contributed by atoms with Crippen LogP contribution in [0, 0.1) is 0 Å². The summed E-state index contributed by atoms with van der Waals surface area (Å²) in [5.74, 6) is -2.08. The molecule has 35 heavy (non-hydrogen) atoms. The number of carboxylic acid groups (broad SMARTS) is 1. The summed E-state index contributed by atoms with van der Waals surface area (Å²) >= 11 is 3.29. The number of fused-ring (bicyclic) bond motifs is 1. The van der Waals surface area contributed by atoms with Crippen LogP contribution in [0.2, 0.25) is 0 Å². The minimum Gasteiger partial charge on any atom is -1.00 e. The third kappa shape index (κ3) is 5.44. The number of nitrogens with two attached hydrogens (primary N) is 1. The van der Waals surface area contributed by atoms with E-state index in [1.54, 1.807) is 6.07 Å². The fourth-order valence-electron chi connectivity index (χ4n) is 3.31. The number of carboxylic acids is 1. The molecule has 2 aromatic heterocycles. The van der Waals surface area contributed by atoms with Crippen molar-refractivity contribution in [3.8, 4) is 0 Å². The van der Waals surface area contributed by atoms with Crippen LogP contribution in [0.1, 0.15) is 17.7 Å². The molecule has 0 aliphatic carbocycles. The molecule has 2 amide bonds. The molecule has 1 saturated heterocycles. The Morgan fingerprint density at radius 1 is 1.49 bits per heavy atom. The summed E-state index contributed by atoms with van der Waals surface area (Å²) in [4.78, 5) is 59.6. The van der Waals surface area contributed by atoms with Gasteiger partial charge in [-0.3, -0.25) is 19.3 Å². The quantitative estimate of drug-likeness (QED) is 0.150. The second kappa shape index (κ2) is 11.4. The van der Waals surface area contributed by atoms with Crippen LogP contribution < -0.4 is 29.9 Å². The van der Waals surface area contributed by atoms with Crippen LogP contribution in [0.25, 0.3) is 0 Å². The number of thiazole rings is 1. The number of oxime groups is 1. The van der Waals surface area contributed by atoms with E-state index >= 15 is 0 Å². The van der Waals surface area contributed by atoms with E-state index in [0.717, 1.165) is 28.0 Å². The minimum absolute atomic E-state index is 0. The summed E-state index contributed by atoms with van der Waals surface area (Å²) in [5.41, 5.74) is 5.89. The summed E-state index contributed by atoms with van der Waals surface area (Å²) in [5, 5.41) is 16.8. The van der Waals surface area contributed by atoms with Gasteiger partial charge in [0.05, 0.1) is 6.26 Å². The molecule has 4 rings (SSSR count). The molecule has 0 radical (unpaired) electrons. The van der Waals surface area contributed by atoms with Crippen LogP contribution in [-0.2, 0) is 19.2 Å². The van der Waals surface area contributed by atoms with Gasteiger partial charge in [0.2, 0.25) is 0 Å². The van der Waals surface area contributed by atoms with Crippen molar-refractivity contribution >= 4 is 68.6 Å². The molecule has 1 fully saturated rings. The monoisotopic (exact) mass is 531 g/mol. The van der Waals surface area contributed by atoms with E-state index < -0.39 is 29.2 Å². The number of hydrogen-bond donors (Lipinski definition) is 3. The molecule has 4 heterocycles. The van der Waals surface area contributed by atoms with Gasteiger partial charge in [-0.05, 0) is 17.7 Å². The van der Waals surface area contributed by atoms with Crippen LogP contribution in [0.5, 0.6) is 0 Å². The number of carbonyl (C=O) groups is 4. The fourth-order valence-corrected chi connectivity index (χ4v) is 6.14. The molecule has 180 valence electrons. The fraction of sp³-hybridized carbons (Fsp3) is 0.263. The molecular formula is C19H18LiN5O7S3. The third-order valence-electron chi connectivity index (χ3n) is 4.80. The number of rotatable bonds is 8. The predicted octanol–water partition coefficient (Wildman–Crippen LogP) is -1.90. The van der Waals surface area contributed by atoms with Crippen molar-refractivity contribution in [1.29, 1.82) is 0 Å². The second-order valence-electron chi connectivity index (χ2n) is 6.87. The number of β-lactam (4-membered cyclic amide) rings is 1. The molecule has 2 atom stereocenters. The zero-order chi connectivity index (χ0) is 24.4. The number of nitrogens with zero attached hydrogens (tertiary/aromatic N) is 3. The van der Waals surface area contributed by atoms with Crippen molar-refractivity contribution < 1.29 is 53.8 Å². The number of amides is 2. The number of nitrogens with one attached hydrogen (secondary N) is 1. The topological polar surface area (TPSA) is 177 Å². The Kier molecular flexibility index (Phi) is 8.73. The van der Waals surface area contributed by atoms with Crippen LogP contribution in [-0.4, -0.2) is 73.6 Å². The molecule has 0 bridgehead atoms. The molecule has 4 N–H and O–H groups in total. The number of furan rings is 1. The van der Waals surface area contributed by atoms with Crippen LogP contribution in [0.3, 0.4) is 0 Å². The maximum atomic E-state index is 12.8. The summed E-state index contributed by atoms with van der Waals surface area (Å²) in [7, 11) is 1.26. The van der Waals surface area contributed by atoms with E-state index in [2.05, 4.69) is 15.5 Å². The van der Waals surface area contributed by atoms with Gasteiger partial charge < -0.3 is 26.8 Å². The Morgan fingerprint density at radius 3 is 2.86 bits per heavy atom. The Bertz CT molecular complexity index is 1220. The van der Waals surface area contributed by atoms with E-state index in [0.29, 0.717) is 5.57 Å². The van der Waals surface area contributed by atoms with E-state index in [1.165, 1.54) is 36.6 Å². The van der Waals surface area contributed by atoms with Gasteiger partial charge in [0, 0.05) is 16.9 Å². The Hall–Kier alpha value is -2.70. The normalized spacial score (nSPS) is 19.4. The predicted molar refractivity (Wildman–Crippen MR) is 126 cm³/mol. The minimum atomic E-state index is -1.29. The largest absolute Gasteiger partial charge is 1.00 e. The number of aliphatic carboxylic acids is 1. The van der Waals surface area contributed by atoms with Crippen molar-refractivity contribution in [2.45, 2.75) is 11.4 Å². The maximum absolute atomic E-state index is 12.8. The smallest absolute Gasteiger partial charge is 1.00 e. The first kappa shape index (κ1) is 26.9. The number of hydrogen-bond acceptors (Lipinski definition) is 12. The molecule has 2 aromatic rings. The van der Waals surface area contributed by atoms with Crippen molar-refractivity contribution in [1.82, 2.24) is 15.2 Å². The summed E-state index contributed by atoms with van der Waals surface area (Å²) in [6.07, 6.45) is 1.37. The molecule has 16 heteroatoms. The average molecular weight is 532 g/mol. The van der Waals surface area contributed by atoms with Crippen LogP contribution >= 0.6 is 34.9 Å². The number of anilines is 1. The van der Waals surface area contributed by atoms with Crippen LogP contribution in [0.15, 0.2) is 44.6 Å². The second-order valence-corrected chi connectivity index (χ2v) is 9.81. The number of thioether (sulfide) groups is 2. The first-order valence-electron chi connectivity index (χ1n) is 9.55. The van der Waals surface area contributed by atoms with Crippen molar-refractivity contribution in [2.24, 2.45) is 5.16 Å².